The van der Waals surface area contributed by atoms with Crippen LogP contribution in [0.25, 0.3) is 0 Å². The first-order valence-corrected chi connectivity index (χ1v) is 8.01. The fourth-order valence-electron chi connectivity index (χ4n) is 3.22. The van der Waals surface area contributed by atoms with Crippen molar-refractivity contribution in [3.8, 4) is 0 Å². The predicted molar refractivity (Wildman–Crippen MR) is 80.3 cm³/mol. The van der Waals surface area contributed by atoms with Gasteiger partial charge in [-0.2, -0.15) is 4.98 Å². The first-order valence-electron chi connectivity index (χ1n) is 8.01. The van der Waals surface area contributed by atoms with Crippen molar-refractivity contribution in [1.29, 1.82) is 0 Å². The van der Waals surface area contributed by atoms with Crippen molar-refractivity contribution in [2.45, 2.75) is 78.2 Å². The minimum Gasteiger partial charge on any atom is -0.338 e. The molecule has 114 valence electrons. The summed E-state index contributed by atoms with van der Waals surface area (Å²) in [5.74, 6) is 2.76. The Morgan fingerprint density at radius 2 is 1.90 bits per heavy atom. The zero-order valence-corrected chi connectivity index (χ0v) is 13.4. The summed E-state index contributed by atoms with van der Waals surface area (Å²) in [6, 6.07) is -0.104. The minimum absolute atomic E-state index is 0.104. The number of nitrogens with zero attached hydrogens (tertiary/aromatic N) is 2. The Balaban J connectivity index is 1.94. The molecule has 20 heavy (non-hydrogen) atoms. The fraction of sp³-hybridized carbons (Fsp3) is 0.875. The Morgan fingerprint density at radius 3 is 2.45 bits per heavy atom. The average Bonchev–Trinajstić information content (AvgIpc) is 2.88. The van der Waals surface area contributed by atoms with Crippen LogP contribution in [0, 0.1) is 11.3 Å². The lowest BCUT2D eigenvalue weighted by atomic mass is 9.70. The number of nitrogens with two attached hydrogens (primary N) is 1. The molecule has 1 aromatic heterocycles. The van der Waals surface area contributed by atoms with Crippen LogP contribution in [-0.4, -0.2) is 10.1 Å². The first kappa shape index (κ1) is 15.5. The van der Waals surface area contributed by atoms with Crippen molar-refractivity contribution in [1.82, 2.24) is 10.1 Å². The highest BCUT2D eigenvalue weighted by Crippen LogP contribution is 2.42. The molecule has 2 N–H and O–H groups in total. The second-order valence-corrected chi connectivity index (χ2v) is 7.30. The molecule has 1 aliphatic carbocycles. The summed E-state index contributed by atoms with van der Waals surface area (Å²) in [5.41, 5.74) is 6.44. The quantitative estimate of drug-likeness (QED) is 0.897. The van der Waals surface area contributed by atoms with Crippen molar-refractivity contribution < 1.29 is 4.52 Å². The van der Waals surface area contributed by atoms with E-state index in [0.717, 1.165) is 24.6 Å². The van der Waals surface area contributed by atoms with Crippen molar-refractivity contribution in [3.05, 3.63) is 11.7 Å². The molecule has 1 saturated carbocycles. The maximum atomic E-state index is 6.03. The highest BCUT2D eigenvalue weighted by Gasteiger charge is 2.32. The van der Waals surface area contributed by atoms with Crippen LogP contribution in [0.4, 0.5) is 0 Å². The van der Waals surface area contributed by atoms with E-state index >= 15 is 0 Å². The van der Waals surface area contributed by atoms with Crippen molar-refractivity contribution >= 4 is 0 Å². The van der Waals surface area contributed by atoms with Gasteiger partial charge in [-0.3, -0.25) is 0 Å². The van der Waals surface area contributed by atoms with Gasteiger partial charge in [-0.25, -0.2) is 0 Å². The molecule has 4 heteroatoms. The molecule has 1 heterocycles. The zero-order valence-electron chi connectivity index (χ0n) is 13.4. The van der Waals surface area contributed by atoms with Crippen LogP contribution in [0.5, 0.6) is 0 Å². The summed E-state index contributed by atoms with van der Waals surface area (Å²) in [6.45, 7) is 9.14. The molecule has 0 spiro atoms. The SMILES string of the molecule is CCCC(N)c1nc(C2CCC(C(C)(C)C)CC2)no1. The van der Waals surface area contributed by atoms with Gasteiger partial charge in [0.05, 0.1) is 6.04 Å². The largest absolute Gasteiger partial charge is 0.338 e. The molecule has 0 amide bonds. The van der Waals surface area contributed by atoms with Crippen LogP contribution in [0.3, 0.4) is 0 Å². The molecule has 0 bridgehead atoms. The van der Waals surface area contributed by atoms with Gasteiger partial charge in [-0.1, -0.05) is 39.3 Å². The van der Waals surface area contributed by atoms with E-state index in [2.05, 4.69) is 37.8 Å². The van der Waals surface area contributed by atoms with Gasteiger partial charge in [-0.15, -0.1) is 0 Å². The third kappa shape index (κ3) is 3.60. The highest BCUT2D eigenvalue weighted by atomic mass is 16.5. The van der Waals surface area contributed by atoms with E-state index in [1.807, 2.05) is 0 Å². The van der Waals surface area contributed by atoms with E-state index in [1.54, 1.807) is 0 Å². The van der Waals surface area contributed by atoms with Crippen molar-refractivity contribution in [2.24, 2.45) is 17.1 Å². The normalized spacial score (nSPS) is 25.6. The van der Waals surface area contributed by atoms with Crippen LogP contribution in [-0.2, 0) is 0 Å². The van der Waals surface area contributed by atoms with Gasteiger partial charge < -0.3 is 10.3 Å². The third-order valence-electron chi connectivity index (χ3n) is 4.69. The van der Waals surface area contributed by atoms with E-state index in [4.69, 9.17) is 10.3 Å². The Morgan fingerprint density at radius 1 is 1.25 bits per heavy atom. The van der Waals surface area contributed by atoms with Gasteiger partial charge in [0.1, 0.15) is 0 Å². The van der Waals surface area contributed by atoms with Gasteiger partial charge in [-0.05, 0) is 43.4 Å². The van der Waals surface area contributed by atoms with Crippen molar-refractivity contribution in [3.63, 3.8) is 0 Å². The Hall–Kier alpha value is -0.900. The number of hydrogen-bond acceptors (Lipinski definition) is 4. The molecule has 2 rings (SSSR count). The molecule has 1 aromatic rings. The molecular formula is C16H29N3O. The van der Waals surface area contributed by atoms with Gasteiger partial charge in [0, 0.05) is 5.92 Å². The van der Waals surface area contributed by atoms with E-state index in [0.29, 0.717) is 17.2 Å². The second-order valence-electron chi connectivity index (χ2n) is 7.30. The molecule has 1 fully saturated rings. The lowest BCUT2D eigenvalue weighted by Gasteiger charge is -2.36. The lowest BCUT2D eigenvalue weighted by Crippen LogP contribution is -2.25. The molecule has 1 aliphatic rings. The van der Waals surface area contributed by atoms with Gasteiger partial charge in [0.25, 0.3) is 0 Å². The van der Waals surface area contributed by atoms with Crippen LogP contribution in [0.15, 0.2) is 4.52 Å². The van der Waals surface area contributed by atoms with E-state index in [9.17, 15) is 0 Å². The van der Waals surface area contributed by atoms with Crippen LogP contribution in [0.2, 0.25) is 0 Å². The summed E-state index contributed by atoms with van der Waals surface area (Å²) in [5, 5.41) is 4.16. The average molecular weight is 279 g/mol. The maximum Gasteiger partial charge on any atom is 0.243 e. The predicted octanol–water partition coefficient (Wildman–Crippen LogP) is 4.19. The molecule has 0 saturated heterocycles. The van der Waals surface area contributed by atoms with E-state index < -0.39 is 0 Å². The standard InChI is InChI=1S/C16H29N3O/c1-5-6-13(17)15-18-14(19-20-15)11-7-9-12(10-8-11)16(2,3)4/h11-13H,5-10,17H2,1-4H3. The molecular weight excluding hydrogens is 250 g/mol. The lowest BCUT2D eigenvalue weighted by molar-refractivity contribution is 0.166. The summed E-state index contributed by atoms with van der Waals surface area (Å²) in [7, 11) is 0. The Kier molecular flexibility index (Phi) is 4.84. The Labute approximate surface area is 122 Å². The van der Waals surface area contributed by atoms with Crippen LogP contribution in [0.1, 0.15) is 89.9 Å². The van der Waals surface area contributed by atoms with E-state index in [-0.39, 0.29) is 6.04 Å². The topological polar surface area (TPSA) is 64.9 Å². The number of rotatable bonds is 4. The fourth-order valence-corrected chi connectivity index (χ4v) is 3.22. The smallest absolute Gasteiger partial charge is 0.243 e. The summed E-state index contributed by atoms with van der Waals surface area (Å²) >= 11 is 0. The molecule has 1 unspecified atom stereocenters. The third-order valence-corrected chi connectivity index (χ3v) is 4.69. The van der Waals surface area contributed by atoms with Crippen LogP contribution >= 0.6 is 0 Å². The number of aromatic nitrogens is 2. The monoisotopic (exact) mass is 279 g/mol. The molecule has 0 radical (unpaired) electrons. The number of hydrogen-bond donors (Lipinski definition) is 1. The zero-order chi connectivity index (χ0) is 14.8. The van der Waals surface area contributed by atoms with Crippen LogP contribution < -0.4 is 5.73 Å². The molecule has 0 aliphatic heterocycles. The summed E-state index contributed by atoms with van der Waals surface area (Å²) in [4.78, 5) is 4.54. The Bertz CT molecular complexity index is 414. The summed E-state index contributed by atoms with van der Waals surface area (Å²) in [6.07, 6.45) is 6.81. The van der Waals surface area contributed by atoms with Crippen molar-refractivity contribution in [2.75, 3.05) is 0 Å². The van der Waals surface area contributed by atoms with Gasteiger partial charge >= 0.3 is 0 Å². The maximum absolute atomic E-state index is 6.03. The van der Waals surface area contributed by atoms with Gasteiger partial charge in [0.2, 0.25) is 5.89 Å². The summed E-state index contributed by atoms with van der Waals surface area (Å²) < 4.78 is 5.34. The van der Waals surface area contributed by atoms with Gasteiger partial charge in [0.15, 0.2) is 5.82 Å². The second kappa shape index (κ2) is 6.25. The molecule has 4 nitrogen and oxygen atoms in total. The molecule has 1 atom stereocenters. The highest BCUT2D eigenvalue weighted by molar-refractivity contribution is 5.00. The van der Waals surface area contributed by atoms with E-state index in [1.165, 1.54) is 25.7 Å². The first-order chi connectivity index (χ1) is 9.41. The minimum atomic E-state index is -0.104. The molecule has 0 aromatic carbocycles.